The molecule has 0 aliphatic rings. The molecule has 3 aromatic carbocycles. The first kappa shape index (κ1) is 27.6. The van der Waals surface area contributed by atoms with Gasteiger partial charge >= 0.3 is 5.97 Å². The van der Waals surface area contributed by atoms with Crippen molar-refractivity contribution in [2.45, 2.75) is 33.2 Å². The molecule has 5 aromatic rings. The predicted molar refractivity (Wildman–Crippen MR) is 159 cm³/mol. The third-order valence-electron chi connectivity index (χ3n) is 6.61. The van der Waals surface area contributed by atoms with E-state index in [2.05, 4.69) is 13.5 Å². The van der Waals surface area contributed by atoms with Crippen LogP contribution in [0.4, 0.5) is 5.69 Å². The molecule has 0 amide bonds. The highest BCUT2D eigenvalue weighted by Gasteiger charge is 2.26. The maximum absolute atomic E-state index is 13.5. The fourth-order valence-corrected chi connectivity index (χ4v) is 6.49. The molecule has 0 aliphatic carbocycles. The number of nitrogens with zero attached hydrogens (tertiary/aromatic N) is 3. The second-order valence-corrected chi connectivity index (χ2v) is 11.7. The molecule has 1 N–H and O–H groups in total. The number of ether oxygens (including phenoxy) is 2. The number of carbonyl (C=O) groups is 1. The number of unbranched alkanes of at least 4 members (excludes halogenated alkanes) is 1. The van der Waals surface area contributed by atoms with Crippen LogP contribution in [0.2, 0.25) is 0 Å². The normalized spacial score (nSPS) is 11.7. The van der Waals surface area contributed by atoms with Crippen LogP contribution in [0.5, 0.6) is 5.75 Å². The first-order valence-corrected chi connectivity index (χ1v) is 15.4. The Bertz CT molecular complexity index is 1780. The standard InChI is InChI=1S/C29H30N4O5S2/c1-4-6-15-40(35,36)32-21-10-14-26-23(17-21)27(20-8-11-22(37-3)12-9-20)28(29(34)38-5-2)33(26)18-19-7-13-24-25(16-19)31-39-30-24/h7-14,16-17,32H,4-6,15,18H2,1-3H3. The van der Waals surface area contributed by atoms with Gasteiger partial charge in [-0.2, -0.15) is 8.75 Å². The number of hydrogen-bond donors (Lipinski definition) is 1. The molecule has 0 atom stereocenters. The topological polar surface area (TPSA) is 112 Å². The molecule has 0 spiro atoms. The number of aromatic nitrogens is 3. The average Bonchev–Trinajstić information content (AvgIpc) is 3.54. The van der Waals surface area contributed by atoms with Gasteiger partial charge in [-0.25, -0.2) is 13.2 Å². The summed E-state index contributed by atoms with van der Waals surface area (Å²) in [6.07, 6.45) is 1.34. The van der Waals surface area contributed by atoms with Crippen molar-refractivity contribution in [1.82, 2.24) is 13.3 Å². The number of rotatable bonds is 11. The van der Waals surface area contributed by atoms with Gasteiger partial charge in [0.2, 0.25) is 10.0 Å². The number of sulfonamides is 1. The summed E-state index contributed by atoms with van der Waals surface area (Å²) in [6.45, 7) is 4.30. The third-order valence-corrected chi connectivity index (χ3v) is 8.54. The van der Waals surface area contributed by atoms with Crippen LogP contribution in [-0.2, 0) is 21.3 Å². The Labute approximate surface area is 237 Å². The van der Waals surface area contributed by atoms with Crippen molar-refractivity contribution >= 4 is 55.3 Å². The lowest BCUT2D eigenvalue weighted by molar-refractivity contribution is 0.0516. The number of benzene rings is 3. The summed E-state index contributed by atoms with van der Waals surface area (Å²) in [5.74, 6) is 0.251. The van der Waals surface area contributed by atoms with Crippen LogP contribution >= 0.6 is 11.7 Å². The SMILES string of the molecule is CCCCS(=O)(=O)Nc1ccc2c(c1)c(-c1ccc(OC)cc1)c(C(=O)OCC)n2Cc1ccc2nsnc2c1. The van der Waals surface area contributed by atoms with Gasteiger partial charge in [-0.1, -0.05) is 31.5 Å². The minimum atomic E-state index is -3.52. The average molecular weight is 579 g/mol. The molecular weight excluding hydrogens is 548 g/mol. The maximum atomic E-state index is 13.5. The molecule has 2 aromatic heterocycles. The smallest absolute Gasteiger partial charge is 0.355 e. The molecule has 5 rings (SSSR count). The third kappa shape index (κ3) is 5.66. The fraction of sp³-hybridized carbons (Fsp3) is 0.276. The van der Waals surface area contributed by atoms with Gasteiger partial charge in [0.25, 0.3) is 0 Å². The van der Waals surface area contributed by atoms with Crippen LogP contribution in [0.3, 0.4) is 0 Å². The molecule has 0 saturated heterocycles. The van der Waals surface area contributed by atoms with Gasteiger partial charge in [-0.3, -0.25) is 4.72 Å². The van der Waals surface area contributed by atoms with E-state index in [9.17, 15) is 13.2 Å². The molecule has 0 bridgehead atoms. The highest BCUT2D eigenvalue weighted by atomic mass is 32.2. The molecule has 0 saturated carbocycles. The summed E-state index contributed by atoms with van der Waals surface area (Å²) >= 11 is 1.15. The zero-order valence-electron chi connectivity index (χ0n) is 22.5. The van der Waals surface area contributed by atoms with Crippen molar-refractivity contribution in [2.75, 3.05) is 24.2 Å². The lowest BCUT2D eigenvalue weighted by Crippen LogP contribution is -2.16. The Kier molecular flexibility index (Phi) is 8.04. The molecule has 0 fully saturated rings. The molecule has 2 heterocycles. The number of nitrogens with one attached hydrogen (secondary N) is 1. The first-order valence-electron chi connectivity index (χ1n) is 13.0. The fourth-order valence-electron chi connectivity index (χ4n) is 4.72. The van der Waals surface area contributed by atoms with Crippen molar-refractivity contribution in [3.8, 4) is 16.9 Å². The number of methoxy groups -OCH3 is 1. The largest absolute Gasteiger partial charge is 0.497 e. The number of anilines is 1. The molecule has 0 radical (unpaired) electrons. The quantitative estimate of drug-likeness (QED) is 0.189. The van der Waals surface area contributed by atoms with E-state index in [0.717, 1.165) is 51.2 Å². The van der Waals surface area contributed by atoms with Gasteiger partial charge in [-0.15, -0.1) is 0 Å². The van der Waals surface area contributed by atoms with Crippen molar-refractivity contribution in [3.05, 3.63) is 71.9 Å². The second-order valence-electron chi connectivity index (χ2n) is 9.35. The zero-order valence-corrected chi connectivity index (χ0v) is 24.1. The van der Waals surface area contributed by atoms with E-state index in [1.165, 1.54) is 0 Å². The molecule has 11 heteroatoms. The van der Waals surface area contributed by atoms with Gasteiger partial charge in [-0.05, 0) is 66.9 Å². The van der Waals surface area contributed by atoms with Crippen LogP contribution in [0.15, 0.2) is 60.7 Å². The maximum Gasteiger partial charge on any atom is 0.355 e. The molecule has 9 nitrogen and oxygen atoms in total. The Morgan fingerprint density at radius 1 is 1.00 bits per heavy atom. The number of fused-ring (bicyclic) bond motifs is 2. The van der Waals surface area contributed by atoms with E-state index in [1.807, 2.05) is 60.0 Å². The van der Waals surface area contributed by atoms with E-state index in [0.29, 0.717) is 35.7 Å². The monoisotopic (exact) mass is 578 g/mol. The predicted octanol–water partition coefficient (Wildman–Crippen LogP) is 6.09. The van der Waals surface area contributed by atoms with Gasteiger partial charge < -0.3 is 14.0 Å². The van der Waals surface area contributed by atoms with Gasteiger partial charge in [0, 0.05) is 28.7 Å². The Morgan fingerprint density at radius 3 is 2.50 bits per heavy atom. The Hall–Kier alpha value is -3.96. The summed E-state index contributed by atoms with van der Waals surface area (Å²) in [5.41, 5.74) is 5.55. The second kappa shape index (κ2) is 11.6. The van der Waals surface area contributed by atoms with E-state index in [1.54, 1.807) is 26.2 Å². The van der Waals surface area contributed by atoms with Crippen molar-refractivity contribution in [2.24, 2.45) is 0 Å². The van der Waals surface area contributed by atoms with Crippen LogP contribution in [0, 0.1) is 0 Å². The molecule has 40 heavy (non-hydrogen) atoms. The summed E-state index contributed by atoms with van der Waals surface area (Å²) in [7, 11) is -1.93. The minimum absolute atomic E-state index is 0.0376. The molecule has 208 valence electrons. The Morgan fingerprint density at radius 2 is 1.77 bits per heavy atom. The van der Waals surface area contributed by atoms with Crippen LogP contribution < -0.4 is 9.46 Å². The Balaban J connectivity index is 1.72. The molecule has 0 aliphatic heterocycles. The van der Waals surface area contributed by atoms with Gasteiger partial charge in [0.15, 0.2) is 0 Å². The van der Waals surface area contributed by atoms with Crippen molar-refractivity contribution < 1.29 is 22.7 Å². The van der Waals surface area contributed by atoms with Crippen LogP contribution in [-0.4, -0.2) is 47.2 Å². The molecule has 0 unspecified atom stereocenters. The number of carbonyl (C=O) groups excluding carboxylic acids is 1. The van der Waals surface area contributed by atoms with Gasteiger partial charge in [0.1, 0.15) is 22.5 Å². The van der Waals surface area contributed by atoms with E-state index >= 15 is 0 Å². The molecular formula is C29H30N4O5S2. The lowest BCUT2D eigenvalue weighted by atomic mass is 10.0. The lowest BCUT2D eigenvalue weighted by Gasteiger charge is -2.12. The summed E-state index contributed by atoms with van der Waals surface area (Å²) < 4.78 is 49.5. The highest BCUT2D eigenvalue weighted by molar-refractivity contribution is 7.92. The van der Waals surface area contributed by atoms with Crippen LogP contribution in [0.1, 0.15) is 42.7 Å². The van der Waals surface area contributed by atoms with Crippen molar-refractivity contribution in [3.63, 3.8) is 0 Å². The first-order chi connectivity index (χ1) is 19.3. The van der Waals surface area contributed by atoms with E-state index in [4.69, 9.17) is 9.47 Å². The summed E-state index contributed by atoms with van der Waals surface area (Å²) in [4.78, 5) is 13.5. The summed E-state index contributed by atoms with van der Waals surface area (Å²) in [5, 5.41) is 0.723. The van der Waals surface area contributed by atoms with Gasteiger partial charge in [0.05, 0.1) is 31.2 Å². The highest BCUT2D eigenvalue weighted by Crippen LogP contribution is 2.38. The van der Waals surface area contributed by atoms with E-state index < -0.39 is 16.0 Å². The summed E-state index contributed by atoms with van der Waals surface area (Å²) in [6, 6.07) is 18.6. The number of hydrogen-bond acceptors (Lipinski definition) is 8. The van der Waals surface area contributed by atoms with Crippen molar-refractivity contribution in [1.29, 1.82) is 0 Å². The van der Waals surface area contributed by atoms with E-state index in [-0.39, 0.29) is 12.4 Å². The minimum Gasteiger partial charge on any atom is -0.497 e. The number of esters is 1. The van der Waals surface area contributed by atoms with Crippen LogP contribution in [0.25, 0.3) is 33.1 Å². The zero-order chi connectivity index (χ0) is 28.3.